The van der Waals surface area contributed by atoms with Gasteiger partial charge in [-0.1, -0.05) is 12.1 Å². The van der Waals surface area contributed by atoms with Crippen molar-refractivity contribution in [2.75, 3.05) is 38.3 Å². The number of piperazine rings is 1. The Kier molecular flexibility index (Phi) is 6.25. The van der Waals surface area contributed by atoms with Crippen LogP contribution >= 0.6 is 0 Å². The minimum atomic E-state index is -0.0392. The molecule has 2 aromatic rings. The Labute approximate surface area is 184 Å². The summed E-state index contributed by atoms with van der Waals surface area (Å²) >= 11 is 0. The van der Waals surface area contributed by atoms with Crippen LogP contribution in [0.2, 0.25) is 0 Å². The fourth-order valence-corrected chi connectivity index (χ4v) is 4.25. The largest absolute Gasteiger partial charge is 0.488 e. The molecule has 2 atom stereocenters. The molecule has 31 heavy (non-hydrogen) atoms. The normalized spacial score (nSPS) is 21.5. The van der Waals surface area contributed by atoms with Crippen molar-refractivity contribution < 1.29 is 9.47 Å². The highest BCUT2D eigenvalue weighted by Gasteiger charge is 2.40. The highest BCUT2D eigenvalue weighted by Crippen LogP contribution is 2.39. The molecule has 4 rings (SSSR count). The molecule has 0 amide bonds. The van der Waals surface area contributed by atoms with Gasteiger partial charge in [-0.05, 0) is 45.7 Å². The number of ether oxygens (including phenoxy) is 2. The molecule has 1 saturated carbocycles. The van der Waals surface area contributed by atoms with E-state index in [1.54, 1.807) is 13.4 Å². The van der Waals surface area contributed by atoms with Crippen molar-refractivity contribution in [2.24, 2.45) is 0 Å². The van der Waals surface area contributed by atoms with E-state index in [1.807, 2.05) is 30.3 Å². The maximum absolute atomic E-state index is 8.71. The molecule has 0 radical (unpaired) electrons. The summed E-state index contributed by atoms with van der Waals surface area (Å²) in [6.45, 7) is 10.1. The Morgan fingerprint density at radius 1 is 1.26 bits per heavy atom. The molecule has 1 N–H and O–H groups in total. The summed E-state index contributed by atoms with van der Waals surface area (Å²) in [6, 6.07) is 10.5. The van der Waals surface area contributed by atoms with E-state index >= 15 is 0 Å². The van der Waals surface area contributed by atoms with Crippen molar-refractivity contribution in [2.45, 2.75) is 51.3 Å². The second kappa shape index (κ2) is 8.93. The summed E-state index contributed by atoms with van der Waals surface area (Å²) < 4.78 is 11.4. The van der Waals surface area contributed by atoms with Gasteiger partial charge < -0.3 is 14.4 Å². The monoisotopic (exact) mass is 423 g/mol. The standard InChI is InChI=1S/C24H33N5O2/c1-17-14-28(10-11-29(17)18(2)15-30-4)22-13-21(26-16-27-22)23(25)19-6-5-7-20(12-19)31-24(3)8-9-24/h5-7,12-13,16-18,25H,8-11,14-15H2,1-4H3. The number of rotatable bonds is 8. The van der Waals surface area contributed by atoms with E-state index in [4.69, 9.17) is 14.9 Å². The SMILES string of the molecule is COCC(C)N1CCN(c2cc(C(=N)c3cccc(OC4(C)CC4)c3)ncn2)CC1C. The first-order chi connectivity index (χ1) is 14.9. The van der Waals surface area contributed by atoms with Gasteiger partial charge in [0.25, 0.3) is 0 Å². The summed E-state index contributed by atoms with van der Waals surface area (Å²) in [5, 5.41) is 8.71. The highest BCUT2D eigenvalue weighted by molar-refractivity contribution is 6.10. The van der Waals surface area contributed by atoms with Crippen LogP contribution in [0.4, 0.5) is 5.82 Å². The molecule has 0 spiro atoms. The molecule has 1 aliphatic heterocycles. The zero-order valence-corrected chi connectivity index (χ0v) is 19.0. The molecule has 1 aliphatic carbocycles. The minimum absolute atomic E-state index is 0.0392. The van der Waals surface area contributed by atoms with Crippen molar-refractivity contribution in [3.05, 3.63) is 47.9 Å². The van der Waals surface area contributed by atoms with Gasteiger partial charge in [0.1, 0.15) is 23.5 Å². The van der Waals surface area contributed by atoms with Gasteiger partial charge in [-0.2, -0.15) is 0 Å². The molecule has 2 unspecified atom stereocenters. The number of anilines is 1. The summed E-state index contributed by atoms with van der Waals surface area (Å²) in [6.07, 6.45) is 3.73. The Morgan fingerprint density at radius 3 is 2.77 bits per heavy atom. The molecule has 166 valence electrons. The number of nitrogens with one attached hydrogen (secondary N) is 1. The molecule has 1 aromatic carbocycles. The van der Waals surface area contributed by atoms with Gasteiger partial charge in [-0.15, -0.1) is 0 Å². The van der Waals surface area contributed by atoms with E-state index in [0.717, 1.165) is 56.2 Å². The van der Waals surface area contributed by atoms with Crippen LogP contribution in [-0.2, 0) is 4.74 Å². The summed E-state index contributed by atoms with van der Waals surface area (Å²) in [5.41, 5.74) is 1.78. The lowest BCUT2D eigenvalue weighted by atomic mass is 10.1. The van der Waals surface area contributed by atoms with E-state index < -0.39 is 0 Å². The third kappa shape index (κ3) is 5.05. The van der Waals surface area contributed by atoms with Gasteiger partial charge in [-0.25, -0.2) is 9.97 Å². The van der Waals surface area contributed by atoms with Crippen LogP contribution in [0.5, 0.6) is 5.75 Å². The van der Waals surface area contributed by atoms with Crippen molar-refractivity contribution in [1.82, 2.24) is 14.9 Å². The first-order valence-electron chi connectivity index (χ1n) is 11.1. The molecule has 7 heteroatoms. The fraction of sp³-hybridized carbons (Fsp3) is 0.542. The minimum Gasteiger partial charge on any atom is -0.488 e. The van der Waals surface area contributed by atoms with Crippen LogP contribution in [0.25, 0.3) is 0 Å². The van der Waals surface area contributed by atoms with E-state index in [2.05, 4.69) is 40.5 Å². The second-order valence-corrected chi connectivity index (χ2v) is 9.05. The zero-order chi connectivity index (χ0) is 22.0. The number of aromatic nitrogens is 2. The average Bonchev–Trinajstić information content (AvgIpc) is 3.50. The van der Waals surface area contributed by atoms with Gasteiger partial charge in [0.15, 0.2) is 0 Å². The van der Waals surface area contributed by atoms with E-state index in [-0.39, 0.29) is 5.60 Å². The molecule has 0 bridgehead atoms. The van der Waals surface area contributed by atoms with Gasteiger partial charge in [0.2, 0.25) is 0 Å². The molecule has 2 aliphatic rings. The summed E-state index contributed by atoms with van der Waals surface area (Å²) in [7, 11) is 1.75. The highest BCUT2D eigenvalue weighted by atomic mass is 16.5. The number of nitrogens with zero attached hydrogens (tertiary/aromatic N) is 4. The Balaban J connectivity index is 1.46. The smallest absolute Gasteiger partial charge is 0.132 e. The van der Waals surface area contributed by atoms with Gasteiger partial charge in [0, 0.05) is 50.5 Å². The Morgan fingerprint density at radius 2 is 2.06 bits per heavy atom. The van der Waals surface area contributed by atoms with Crippen LogP contribution in [0.3, 0.4) is 0 Å². The summed E-state index contributed by atoms with van der Waals surface area (Å²) in [4.78, 5) is 13.7. The summed E-state index contributed by atoms with van der Waals surface area (Å²) in [5.74, 6) is 1.69. The molecular weight excluding hydrogens is 390 g/mol. The first-order valence-corrected chi connectivity index (χ1v) is 11.1. The van der Waals surface area contributed by atoms with Gasteiger partial charge in [0.05, 0.1) is 18.0 Å². The lowest BCUT2D eigenvalue weighted by Crippen LogP contribution is -2.56. The first kappa shape index (κ1) is 21.7. The Hall–Kier alpha value is -2.51. The van der Waals surface area contributed by atoms with Gasteiger partial charge >= 0.3 is 0 Å². The van der Waals surface area contributed by atoms with E-state index in [0.29, 0.717) is 23.5 Å². The van der Waals surface area contributed by atoms with Crippen molar-refractivity contribution in [3.8, 4) is 5.75 Å². The number of hydrogen-bond acceptors (Lipinski definition) is 7. The average molecular weight is 424 g/mol. The third-order valence-electron chi connectivity index (χ3n) is 6.33. The molecule has 7 nitrogen and oxygen atoms in total. The molecule has 1 aromatic heterocycles. The van der Waals surface area contributed by atoms with Crippen molar-refractivity contribution in [3.63, 3.8) is 0 Å². The Bertz CT molecular complexity index is 930. The van der Waals surface area contributed by atoms with Crippen LogP contribution < -0.4 is 9.64 Å². The number of hydrogen-bond donors (Lipinski definition) is 1. The topological polar surface area (TPSA) is 74.6 Å². The quantitative estimate of drug-likeness (QED) is 0.656. The predicted molar refractivity (Wildman–Crippen MR) is 122 cm³/mol. The molecule has 2 heterocycles. The van der Waals surface area contributed by atoms with E-state index in [9.17, 15) is 0 Å². The van der Waals surface area contributed by atoms with Crippen LogP contribution in [0.1, 0.15) is 44.9 Å². The lowest BCUT2D eigenvalue weighted by Gasteiger charge is -2.43. The maximum Gasteiger partial charge on any atom is 0.132 e. The zero-order valence-electron chi connectivity index (χ0n) is 19.0. The third-order valence-corrected chi connectivity index (χ3v) is 6.33. The van der Waals surface area contributed by atoms with Crippen molar-refractivity contribution in [1.29, 1.82) is 5.41 Å². The molecule has 1 saturated heterocycles. The molecular formula is C24H33N5O2. The van der Waals surface area contributed by atoms with Crippen LogP contribution in [-0.4, -0.2) is 71.6 Å². The van der Waals surface area contributed by atoms with E-state index in [1.165, 1.54) is 0 Å². The molecule has 2 fully saturated rings. The fourth-order valence-electron chi connectivity index (χ4n) is 4.25. The van der Waals surface area contributed by atoms with Gasteiger partial charge in [-0.3, -0.25) is 10.3 Å². The van der Waals surface area contributed by atoms with Crippen LogP contribution in [0, 0.1) is 5.41 Å². The van der Waals surface area contributed by atoms with Crippen molar-refractivity contribution >= 4 is 11.5 Å². The van der Waals surface area contributed by atoms with Crippen LogP contribution in [0.15, 0.2) is 36.7 Å². The second-order valence-electron chi connectivity index (χ2n) is 9.05. The predicted octanol–water partition coefficient (Wildman–Crippen LogP) is 3.37. The lowest BCUT2D eigenvalue weighted by molar-refractivity contribution is 0.0678. The number of methoxy groups -OCH3 is 1. The maximum atomic E-state index is 8.71. The number of benzene rings is 1.